The average molecular weight is 368 g/mol. The summed E-state index contributed by atoms with van der Waals surface area (Å²) in [7, 11) is 0. The summed E-state index contributed by atoms with van der Waals surface area (Å²) in [6.07, 6.45) is 0. The van der Waals surface area contributed by atoms with Gasteiger partial charge in [-0.2, -0.15) is 0 Å². The van der Waals surface area contributed by atoms with Crippen LogP contribution in [0.25, 0.3) is 0 Å². The van der Waals surface area contributed by atoms with E-state index in [0.717, 1.165) is 24.3 Å². The summed E-state index contributed by atoms with van der Waals surface area (Å²) in [6.45, 7) is 0.542. The smallest absolute Gasteiger partial charge is 0.340 e. The van der Waals surface area contributed by atoms with Crippen molar-refractivity contribution in [2.24, 2.45) is 0 Å². The minimum atomic E-state index is -0.936. The fourth-order valence-corrected chi connectivity index (χ4v) is 2.21. The molecule has 0 radical (unpaired) electrons. The molecule has 0 heterocycles. The van der Waals surface area contributed by atoms with Crippen LogP contribution in [-0.4, -0.2) is 24.3 Å². The number of amides is 1. The van der Waals surface area contributed by atoms with Gasteiger partial charge >= 0.3 is 5.97 Å². The van der Waals surface area contributed by atoms with E-state index in [1.54, 1.807) is 0 Å². The van der Waals surface area contributed by atoms with Gasteiger partial charge in [0.25, 0.3) is 0 Å². The van der Waals surface area contributed by atoms with Gasteiger partial charge in [-0.05, 0) is 36.4 Å². The van der Waals surface area contributed by atoms with Gasteiger partial charge in [-0.3, -0.25) is 9.59 Å². The lowest BCUT2D eigenvalue weighted by Crippen LogP contribution is -2.16. The highest BCUT2D eigenvalue weighted by Gasteiger charge is 2.17. The van der Waals surface area contributed by atoms with Crippen LogP contribution in [0.4, 0.5) is 14.5 Å². The summed E-state index contributed by atoms with van der Waals surface area (Å²) in [5.41, 5.74) is -0.221. The summed E-state index contributed by atoms with van der Waals surface area (Å²) in [6, 6.07) is 6.56. The standard InChI is InChI=1S/C17H12ClF2NO4/c1-9(22)21-11-3-5-13(15(20)7-11)16(23)8-25-17(24)12-4-2-10(19)6-14(12)18/h2-7H,8H2,1H3,(H,21,22). The Morgan fingerprint density at radius 1 is 1.08 bits per heavy atom. The molecule has 130 valence electrons. The second-order valence-electron chi connectivity index (χ2n) is 5.00. The molecule has 5 nitrogen and oxygen atoms in total. The molecule has 0 aliphatic rings. The second kappa shape index (κ2) is 7.85. The molecule has 0 unspecified atom stereocenters. The van der Waals surface area contributed by atoms with Gasteiger partial charge in [0, 0.05) is 12.6 Å². The number of halogens is 3. The molecule has 0 aliphatic heterocycles. The number of anilines is 1. The van der Waals surface area contributed by atoms with Crippen molar-refractivity contribution in [3.8, 4) is 0 Å². The predicted octanol–water partition coefficient (Wildman–Crippen LogP) is 3.62. The van der Waals surface area contributed by atoms with Crippen molar-refractivity contribution in [3.63, 3.8) is 0 Å². The molecular weight excluding hydrogens is 356 g/mol. The lowest BCUT2D eigenvalue weighted by Gasteiger charge is -2.08. The number of ether oxygens (including phenoxy) is 1. The minimum absolute atomic E-state index is 0.114. The van der Waals surface area contributed by atoms with Crippen LogP contribution in [0.3, 0.4) is 0 Å². The highest BCUT2D eigenvalue weighted by Crippen LogP contribution is 2.19. The molecule has 0 aliphatic carbocycles. The zero-order valence-electron chi connectivity index (χ0n) is 12.9. The van der Waals surface area contributed by atoms with Gasteiger partial charge in [-0.25, -0.2) is 13.6 Å². The molecule has 2 aromatic carbocycles. The van der Waals surface area contributed by atoms with Crippen molar-refractivity contribution in [2.45, 2.75) is 6.92 Å². The highest BCUT2D eigenvalue weighted by atomic mass is 35.5. The SMILES string of the molecule is CC(=O)Nc1ccc(C(=O)COC(=O)c2ccc(F)cc2Cl)c(F)c1. The Labute approximate surface area is 146 Å². The number of nitrogens with one attached hydrogen (secondary N) is 1. The topological polar surface area (TPSA) is 72.5 Å². The first-order chi connectivity index (χ1) is 11.8. The summed E-state index contributed by atoms with van der Waals surface area (Å²) in [4.78, 5) is 34.7. The molecule has 0 atom stereocenters. The lowest BCUT2D eigenvalue weighted by atomic mass is 10.1. The maximum absolute atomic E-state index is 13.9. The quantitative estimate of drug-likeness (QED) is 0.647. The second-order valence-corrected chi connectivity index (χ2v) is 5.41. The van der Waals surface area contributed by atoms with Crippen LogP contribution in [-0.2, 0) is 9.53 Å². The zero-order chi connectivity index (χ0) is 18.6. The molecule has 2 aromatic rings. The average Bonchev–Trinajstić information content (AvgIpc) is 2.51. The highest BCUT2D eigenvalue weighted by molar-refractivity contribution is 6.33. The number of Topliss-reactive ketones (excluding diaryl/α,β-unsaturated/α-hetero) is 1. The number of benzene rings is 2. The van der Waals surface area contributed by atoms with Crippen LogP contribution < -0.4 is 5.32 Å². The maximum Gasteiger partial charge on any atom is 0.340 e. The van der Waals surface area contributed by atoms with E-state index in [9.17, 15) is 23.2 Å². The van der Waals surface area contributed by atoms with E-state index in [1.165, 1.54) is 19.1 Å². The van der Waals surface area contributed by atoms with Crippen LogP contribution >= 0.6 is 11.6 Å². The molecule has 2 rings (SSSR count). The van der Waals surface area contributed by atoms with E-state index in [4.69, 9.17) is 16.3 Å². The van der Waals surface area contributed by atoms with Gasteiger partial charge in [-0.1, -0.05) is 11.6 Å². The largest absolute Gasteiger partial charge is 0.454 e. The Morgan fingerprint density at radius 2 is 1.76 bits per heavy atom. The van der Waals surface area contributed by atoms with Crippen molar-refractivity contribution in [1.29, 1.82) is 0 Å². The van der Waals surface area contributed by atoms with Gasteiger partial charge in [0.15, 0.2) is 6.61 Å². The number of hydrogen-bond donors (Lipinski definition) is 1. The summed E-state index contributed by atoms with van der Waals surface area (Å²) < 4.78 is 31.7. The molecule has 25 heavy (non-hydrogen) atoms. The monoisotopic (exact) mass is 367 g/mol. The predicted molar refractivity (Wildman–Crippen MR) is 86.7 cm³/mol. The summed E-state index contributed by atoms with van der Waals surface area (Å²) >= 11 is 5.72. The number of esters is 1. The number of ketones is 1. The van der Waals surface area contributed by atoms with Crippen LogP contribution in [0.1, 0.15) is 27.6 Å². The Bertz CT molecular complexity index is 855. The molecule has 0 aromatic heterocycles. The molecule has 1 amide bonds. The molecule has 0 bridgehead atoms. The number of carbonyl (C=O) groups is 3. The molecule has 0 saturated carbocycles. The van der Waals surface area contributed by atoms with Gasteiger partial charge in [0.1, 0.15) is 11.6 Å². The van der Waals surface area contributed by atoms with Crippen molar-refractivity contribution < 1.29 is 27.9 Å². The van der Waals surface area contributed by atoms with Crippen LogP contribution in [0.15, 0.2) is 36.4 Å². The minimum Gasteiger partial charge on any atom is -0.454 e. The Morgan fingerprint density at radius 3 is 2.36 bits per heavy atom. The van der Waals surface area contributed by atoms with Gasteiger partial charge in [0.2, 0.25) is 11.7 Å². The van der Waals surface area contributed by atoms with Gasteiger partial charge in [-0.15, -0.1) is 0 Å². The molecule has 0 spiro atoms. The Kier molecular flexibility index (Phi) is 5.82. The van der Waals surface area contributed by atoms with Crippen molar-refractivity contribution in [2.75, 3.05) is 11.9 Å². The third-order valence-electron chi connectivity index (χ3n) is 3.08. The molecule has 0 saturated heterocycles. The molecule has 8 heteroatoms. The van der Waals surface area contributed by atoms with E-state index < -0.39 is 30.0 Å². The fourth-order valence-electron chi connectivity index (χ4n) is 1.96. The van der Waals surface area contributed by atoms with Crippen LogP contribution in [0.2, 0.25) is 5.02 Å². The molecule has 1 N–H and O–H groups in total. The first kappa shape index (κ1) is 18.5. The number of carbonyl (C=O) groups excluding carboxylic acids is 3. The van der Waals surface area contributed by atoms with Crippen molar-refractivity contribution >= 4 is 34.9 Å². The number of rotatable bonds is 5. The van der Waals surface area contributed by atoms with Crippen molar-refractivity contribution in [1.82, 2.24) is 0 Å². The number of hydrogen-bond acceptors (Lipinski definition) is 4. The summed E-state index contributed by atoms with van der Waals surface area (Å²) in [5.74, 6) is -3.60. The Hall–Kier alpha value is -2.80. The van der Waals surface area contributed by atoms with E-state index in [2.05, 4.69) is 5.32 Å². The molecule has 0 fully saturated rings. The lowest BCUT2D eigenvalue weighted by molar-refractivity contribution is -0.114. The first-order valence-corrected chi connectivity index (χ1v) is 7.38. The van der Waals surface area contributed by atoms with Crippen LogP contribution in [0.5, 0.6) is 0 Å². The Balaban J connectivity index is 2.04. The normalized spacial score (nSPS) is 10.2. The van der Waals surface area contributed by atoms with E-state index in [-0.39, 0.29) is 27.7 Å². The fraction of sp³-hybridized carbons (Fsp3) is 0.118. The first-order valence-electron chi connectivity index (χ1n) is 7.00. The van der Waals surface area contributed by atoms with E-state index in [1.807, 2.05) is 0 Å². The van der Waals surface area contributed by atoms with Crippen molar-refractivity contribution in [3.05, 3.63) is 64.2 Å². The van der Waals surface area contributed by atoms with Crippen LogP contribution in [0, 0.1) is 11.6 Å². The summed E-state index contributed by atoms with van der Waals surface area (Å²) in [5, 5.41) is 2.21. The van der Waals surface area contributed by atoms with E-state index >= 15 is 0 Å². The van der Waals surface area contributed by atoms with Gasteiger partial charge in [0.05, 0.1) is 16.1 Å². The third kappa shape index (κ3) is 4.84. The maximum atomic E-state index is 13.9. The third-order valence-corrected chi connectivity index (χ3v) is 3.39. The van der Waals surface area contributed by atoms with Gasteiger partial charge < -0.3 is 10.1 Å². The zero-order valence-corrected chi connectivity index (χ0v) is 13.7. The van der Waals surface area contributed by atoms with E-state index in [0.29, 0.717) is 0 Å². The molecular formula is C17H12ClF2NO4.